The third-order valence-electron chi connectivity index (χ3n) is 4.75. The second-order valence-corrected chi connectivity index (χ2v) is 6.60. The topological polar surface area (TPSA) is 46.9 Å². The number of nitrogens with one attached hydrogen (secondary N) is 1. The summed E-state index contributed by atoms with van der Waals surface area (Å²) >= 11 is 0. The quantitative estimate of drug-likeness (QED) is 0.446. The third-order valence-corrected chi connectivity index (χ3v) is 4.75. The predicted octanol–water partition coefficient (Wildman–Crippen LogP) is 5.23. The Morgan fingerprint density at radius 1 is 0.750 bits per heavy atom. The Kier molecular flexibility index (Phi) is 3.87. The third kappa shape index (κ3) is 2.81. The van der Waals surface area contributed by atoms with Crippen molar-refractivity contribution in [2.75, 3.05) is 5.32 Å². The van der Waals surface area contributed by atoms with E-state index >= 15 is 0 Å². The lowest BCUT2D eigenvalue weighted by Gasteiger charge is -2.19. The Hall–Kier alpha value is -3.92. The molecule has 0 saturated heterocycles. The SMILES string of the molecule is O=c1cc2n(-c3ccccc3)c3ccccc3nc-2cc1Nc1ccccc1. The molecule has 1 N–H and O–H groups in total. The molecule has 0 atom stereocenters. The molecule has 0 bridgehead atoms. The van der Waals surface area contributed by atoms with Crippen molar-refractivity contribution in [3.63, 3.8) is 0 Å². The van der Waals surface area contributed by atoms with Crippen molar-refractivity contribution in [3.8, 4) is 17.1 Å². The van der Waals surface area contributed by atoms with Crippen LogP contribution in [0.25, 0.3) is 28.1 Å². The molecule has 28 heavy (non-hydrogen) atoms. The molecule has 0 radical (unpaired) electrons. The van der Waals surface area contributed by atoms with Crippen molar-refractivity contribution < 1.29 is 0 Å². The molecular formula is C24H17N3O. The molecule has 4 heteroatoms. The molecular weight excluding hydrogens is 346 g/mol. The van der Waals surface area contributed by atoms with E-state index in [9.17, 15) is 4.79 Å². The van der Waals surface area contributed by atoms with Crippen molar-refractivity contribution in [3.05, 3.63) is 107 Å². The van der Waals surface area contributed by atoms with Gasteiger partial charge in [0.15, 0.2) is 0 Å². The highest BCUT2D eigenvalue weighted by molar-refractivity contribution is 5.84. The van der Waals surface area contributed by atoms with Crippen LogP contribution in [0, 0.1) is 0 Å². The van der Waals surface area contributed by atoms with Crippen molar-refractivity contribution >= 4 is 22.4 Å². The van der Waals surface area contributed by atoms with Gasteiger partial charge in [-0.1, -0.05) is 48.5 Å². The summed E-state index contributed by atoms with van der Waals surface area (Å²) in [5.41, 5.74) is 5.70. The first kappa shape index (κ1) is 16.3. The van der Waals surface area contributed by atoms with Gasteiger partial charge in [-0.25, -0.2) is 4.98 Å². The molecule has 134 valence electrons. The maximum Gasteiger partial charge on any atom is 0.204 e. The van der Waals surface area contributed by atoms with Crippen molar-refractivity contribution in [2.45, 2.75) is 0 Å². The zero-order valence-corrected chi connectivity index (χ0v) is 15.0. The Bertz CT molecular complexity index is 1290. The van der Waals surface area contributed by atoms with Crippen LogP contribution in [0.3, 0.4) is 0 Å². The number of benzene rings is 4. The van der Waals surface area contributed by atoms with E-state index in [0.29, 0.717) is 5.69 Å². The first-order valence-electron chi connectivity index (χ1n) is 9.13. The minimum Gasteiger partial charge on any atom is -0.352 e. The number of fused-ring (bicyclic) bond motifs is 2. The highest BCUT2D eigenvalue weighted by Gasteiger charge is 2.16. The van der Waals surface area contributed by atoms with E-state index in [-0.39, 0.29) is 5.43 Å². The molecule has 0 saturated carbocycles. The maximum absolute atomic E-state index is 12.9. The van der Waals surface area contributed by atoms with E-state index in [0.717, 1.165) is 33.8 Å². The Morgan fingerprint density at radius 2 is 1.43 bits per heavy atom. The molecule has 4 nitrogen and oxygen atoms in total. The normalized spacial score (nSPS) is 11.0. The van der Waals surface area contributed by atoms with E-state index < -0.39 is 0 Å². The summed E-state index contributed by atoms with van der Waals surface area (Å²) < 4.78 is 2.09. The van der Waals surface area contributed by atoms with Crippen LogP contribution in [0.15, 0.2) is 102 Å². The monoisotopic (exact) mass is 363 g/mol. The Balaban J connectivity index is 1.78. The van der Waals surface area contributed by atoms with E-state index in [4.69, 9.17) is 4.98 Å². The van der Waals surface area contributed by atoms with Gasteiger partial charge in [-0.3, -0.25) is 4.79 Å². The molecule has 0 amide bonds. The van der Waals surface area contributed by atoms with E-state index in [1.807, 2.05) is 91.0 Å². The van der Waals surface area contributed by atoms with Crippen LogP contribution in [-0.4, -0.2) is 9.55 Å². The highest BCUT2D eigenvalue weighted by Crippen LogP contribution is 2.30. The van der Waals surface area contributed by atoms with Gasteiger partial charge in [-0.15, -0.1) is 0 Å². The van der Waals surface area contributed by atoms with Crippen LogP contribution >= 0.6 is 0 Å². The van der Waals surface area contributed by atoms with Gasteiger partial charge in [0.25, 0.3) is 0 Å². The number of aromatic nitrogens is 2. The molecule has 3 aromatic carbocycles. The Morgan fingerprint density at radius 3 is 2.21 bits per heavy atom. The summed E-state index contributed by atoms with van der Waals surface area (Å²) in [5, 5.41) is 3.21. The molecule has 2 aliphatic rings. The molecule has 1 aliphatic heterocycles. The first-order chi connectivity index (χ1) is 13.8. The van der Waals surface area contributed by atoms with E-state index in [1.54, 1.807) is 6.07 Å². The van der Waals surface area contributed by atoms with Gasteiger partial charge in [0.2, 0.25) is 5.43 Å². The summed E-state index contributed by atoms with van der Waals surface area (Å²) in [6.07, 6.45) is 0. The number of hydrogen-bond donors (Lipinski definition) is 1. The summed E-state index contributed by atoms with van der Waals surface area (Å²) in [4.78, 5) is 17.7. The molecule has 0 aromatic heterocycles. The van der Waals surface area contributed by atoms with E-state index in [2.05, 4.69) is 9.88 Å². The maximum atomic E-state index is 12.9. The predicted molar refractivity (Wildman–Crippen MR) is 114 cm³/mol. The molecule has 5 rings (SSSR count). The van der Waals surface area contributed by atoms with Crippen LogP contribution in [0.5, 0.6) is 0 Å². The molecule has 0 unspecified atom stereocenters. The van der Waals surface area contributed by atoms with Gasteiger partial charge in [-0.2, -0.15) is 0 Å². The lowest BCUT2D eigenvalue weighted by atomic mass is 10.1. The fourth-order valence-electron chi connectivity index (χ4n) is 3.46. The molecule has 1 heterocycles. The lowest BCUT2D eigenvalue weighted by Crippen LogP contribution is -2.13. The minimum atomic E-state index is -0.0712. The smallest absolute Gasteiger partial charge is 0.204 e. The minimum absolute atomic E-state index is 0.0712. The second kappa shape index (κ2) is 6.67. The van der Waals surface area contributed by atoms with Crippen LogP contribution in [0.4, 0.5) is 11.4 Å². The Labute approximate surface area is 162 Å². The van der Waals surface area contributed by atoms with E-state index in [1.165, 1.54) is 0 Å². The molecule has 3 aromatic rings. The summed E-state index contributed by atoms with van der Waals surface area (Å²) in [6, 6.07) is 31.2. The van der Waals surface area contributed by atoms with Crippen LogP contribution < -0.4 is 10.7 Å². The van der Waals surface area contributed by atoms with Crippen LogP contribution in [-0.2, 0) is 0 Å². The number of anilines is 2. The van der Waals surface area contributed by atoms with Crippen molar-refractivity contribution in [2.24, 2.45) is 0 Å². The average Bonchev–Trinajstić information content (AvgIpc) is 2.74. The lowest BCUT2D eigenvalue weighted by molar-refractivity contribution is 1.08. The fraction of sp³-hybridized carbons (Fsp3) is 0. The summed E-state index contributed by atoms with van der Waals surface area (Å²) in [6.45, 7) is 0. The van der Waals surface area contributed by atoms with Gasteiger partial charge in [0.05, 0.1) is 28.1 Å². The van der Waals surface area contributed by atoms with Crippen LogP contribution in [0.2, 0.25) is 0 Å². The van der Waals surface area contributed by atoms with Gasteiger partial charge in [0.1, 0.15) is 0 Å². The fourth-order valence-corrected chi connectivity index (χ4v) is 3.46. The number of para-hydroxylation sites is 4. The number of rotatable bonds is 3. The zero-order chi connectivity index (χ0) is 18.9. The molecule has 1 aliphatic carbocycles. The van der Waals surface area contributed by atoms with Gasteiger partial charge < -0.3 is 9.88 Å². The second-order valence-electron chi connectivity index (χ2n) is 6.60. The van der Waals surface area contributed by atoms with Gasteiger partial charge in [-0.05, 0) is 42.5 Å². The number of hydrogen-bond acceptors (Lipinski definition) is 3. The molecule has 0 fully saturated rings. The molecule has 0 spiro atoms. The summed E-state index contributed by atoms with van der Waals surface area (Å²) in [7, 11) is 0. The first-order valence-corrected chi connectivity index (χ1v) is 9.13. The summed E-state index contributed by atoms with van der Waals surface area (Å²) in [5.74, 6) is 0. The standard InChI is InChI=1S/C24H17N3O/c28-24-16-23-20(15-21(24)25-17-9-3-1-4-10-17)26-19-13-7-8-14-22(19)27(23)18-11-5-2-6-12-18/h1-16,25H. The van der Waals surface area contributed by atoms with Gasteiger partial charge in [0, 0.05) is 17.4 Å². The van der Waals surface area contributed by atoms with Crippen LogP contribution in [0.1, 0.15) is 0 Å². The van der Waals surface area contributed by atoms with Crippen molar-refractivity contribution in [1.29, 1.82) is 0 Å². The van der Waals surface area contributed by atoms with Gasteiger partial charge >= 0.3 is 0 Å². The average molecular weight is 363 g/mol. The zero-order valence-electron chi connectivity index (χ0n) is 15.0. The number of nitrogens with zero attached hydrogens (tertiary/aromatic N) is 2. The van der Waals surface area contributed by atoms with Crippen molar-refractivity contribution in [1.82, 2.24) is 9.55 Å². The highest BCUT2D eigenvalue weighted by atomic mass is 16.1. The largest absolute Gasteiger partial charge is 0.352 e.